The van der Waals surface area contributed by atoms with Crippen LogP contribution in [0.3, 0.4) is 0 Å². The van der Waals surface area contributed by atoms with Gasteiger partial charge in [-0.3, -0.25) is 0 Å². The van der Waals surface area contributed by atoms with Crippen molar-refractivity contribution in [3.63, 3.8) is 0 Å². The molecule has 0 aliphatic heterocycles. The molecule has 4 aromatic rings. The number of benzene rings is 2. The highest BCUT2D eigenvalue weighted by Gasteiger charge is 2.19. The van der Waals surface area contributed by atoms with Crippen molar-refractivity contribution in [2.75, 3.05) is 0 Å². The van der Waals surface area contributed by atoms with Gasteiger partial charge in [-0.15, -0.1) is 0 Å². The van der Waals surface area contributed by atoms with Gasteiger partial charge in [0.2, 0.25) is 0 Å². The highest BCUT2D eigenvalue weighted by atomic mass is 19.1. The second-order valence-electron chi connectivity index (χ2n) is 6.39. The van der Waals surface area contributed by atoms with Crippen molar-refractivity contribution in [2.24, 2.45) is 0 Å². The summed E-state index contributed by atoms with van der Waals surface area (Å²) in [5, 5.41) is 11.3. The molecule has 2 aromatic heterocycles. The van der Waals surface area contributed by atoms with Crippen molar-refractivity contribution < 1.29 is 14.3 Å². The molecule has 0 aliphatic rings. The molecule has 4 rings (SSSR count). The Morgan fingerprint density at radius 1 is 1.11 bits per heavy atom. The number of aryl methyl sites for hydroxylation is 1. The molecule has 0 aliphatic carbocycles. The average molecular weight is 359 g/mol. The molecule has 0 spiro atoms. The normalized spacial score (nSPS) is 11.6. The second-order valence-corrected chi connectivity index (χ2v) is 6.39. The van der Waals surface area contributed by atoms with Gasteiger partial charge in [0.15, 0.2) is 0 Å². The van der Waals surface area contributed by atoms with Gasteiger partial charge in [-0.1, -0.05) is 43.3 Å². The van der Waals surface area contributed by atoms with Crippen molar-refractivity contribution in [1.82, 2.24) is 4.40 Å². The summed E-state index contributed by atoms with van der Waals surface area (Å²) in [5.41, 5.74) is 4.65. The Bertz CT molecular complexity index is 1190. The maximum absolute atomic E-state index is 13.5. The van der Waals surface area contributed by atoms with E-state index in [1.54, 1.807) is 18.2 Å². The molecular weight excluding hydrogens is 341 g/mol. The van der Waals surface area contributed by atoms with Crippen LogP contribution in [0.5, 0.6) is 0 Å². The molecule has 0 fully saturated rings. The zero-order valence-electron chi connectivity index (χ0n) is 14.8. The summed E-state index contributed by atoms with van der Waals surface area (Å²) in [6.45, 7) is 2.05. The van der Waals surface area contributed by atoms with Crippen LogP contribution in [-0.2, 0) is 11.2 Å². The Labute approximate surface area is 156 Å². The fraction of sp³-hybridized carbons (Fsp3) is 0.0870. The Morgan fingerprint density at radius 2 is 1.85 bits per heavy atom. The summed E-state index contributed by atoms with van der Waals surface area (Å²) >= 11 is 0. The van der Waals surface area contributed by atoms with Crippen molar-refractivity contribution in [2.45, 2.75) is 13.3 Å². The quantitative estimate of drug-likeness (QED) is 0.485. The molecule has 0 radical (unpaired) electrons. The molecule has 134 valence electrons. The number of halogens is 1. The molecule has 0 bridgehead atoms. The van der Waals surface area contributed by atoms with E-state index >= 15 is 0 Å². The van der Waals surface area contributed by atoms with Crippen LogP contribution in [0, 0.1) is 5.82 Å². The van der Waals surface area contributed by atoms with Crippen LogP contribution in [0.15, 0.2) is 66.9 Å². The standard InChI is InChI=1S/C23H18FNO2/c1-2-20-19(11-12-21(26)27)22(16-7-9-17(24)10-8-16)23-18-6-4-3-5-15(18)13-14-25(20)23/h3-14H,2H2,1H3,(H,26,27). The maximum atomic E-state index is 13.5. The summed E-state index contributed by atoms with van der Waals surface area (Å²) in [6, 6.07) is 16.5. The van der Waals surface area contributed by atoms with Gasteiger partial charge in [0.1, 0.15) is 5.82 Å². The van der Waals surface area contributed by atoms with Gasteiger partial charge in [-0.25, -0.2) is 9.18 Å². The summed E-state index contributed by atoms with van der Waals surface area (Å²) < 4.78 is 15.6. The zero-order chi connectivity index (χ0) is 19.0. The van der Waals surface area contributed by atoms with Gasteiger partial charge in [-0.05, 0) is 41.6 Å². The number of carbonyl (C=O) groups is 1. The van der Waals surface area contributed by atoms with Gasteiger partial charge in [0.05, 0.1) is 5.52 Å². The van der Waals surface area contributed by atoms with Gasteiger partial charge in [0, 0.05) is 34.5 Å². The van der Waals surface area contributed by atoms with Gasteiger partial charge >= 0.3 is 5.97 Å². The number of carboxylic acids is 1. The smallest absolute Gasteiger partial charge is 0.328 e. The number of hydrogen-bond donors (Lipinski definition) is 1. The molecule has 2 aromatic carbocycles. The van der Waals surface area contributed by atoms with Gasteiger partial charge in [0.25, 0.3) is 0 Å². The average Bonchev–Trinajstić information content (AvgIpc) is 3.00. The minimum atomic E-state index is -0.998. The monoisotopic (exact) mass is 359 g/mol. The van der Waals surface area contributed by atoms with E-state index < -0.39 is 5.97 Å². The predicted molar refractivity (Wildman–Crippen MR) is 106 cm³/mol. The Balaban J connectivity index is 2.18. The van der Waals surface area contributed by atoms with Crippen LogP contribution in [-0.4, -0.2) is 15.5 Å². The fourth-order valence-corrected chi connectivity index (χ4v) is 3.70. The SMILES string of the molecule is CCc1c(C=CC(=O)O)c(-c2ccc(F)cc2)c2c3ccccc3ccn12. The number of hydrogen-bond acceptors (Lipinski definition) is 1. The second kappa shape index (κ2) is 6.72. The Kier molecular flexibility index (Phi) is 4.24. The summed E-state index contributed by atoms with van der Waals surface area (Å²) in [4.78, 5) is 11.1. The largest absolute Gasteiger partial charge is 0.478 e. The lowest BCUT2D eigenvalue weighted by Gasteiger charge is -2.06. The molecule has 4 heteroatoms. The van der Waals surface area contributed by atoms with E-state index in [1.165, 1.54) is 12.1 Å². The summed E-state index contributed by atoms with van der Waals surface area (Å²) in [6.07, 6.45) is 5.55. The third-order valence-electron chi connectivity index (χ3n) is 4.83. The van der Waals surface area contributed by atoms with Crippen LogP contribution in [0.4, 0.5) is 4.39 Å². The minimum absolute atomic E-state index is 0.300. The molecule has 3 nitrogen and oxygen atoms in total. The van der Waals surface area contributed by atoms with Crippen LogP contribution >= 0.6 is 0 Å². The van der Waals surface area contributed by atoms with E-state index in [-0.39, 0.29) is 5.82 Å². The van der Waals surface area contributed by atoms with Crippen molar-refractivity contribution in [1.29, 1.82) is 0 Å². The lowest BCUT2D eigenvalue weighted by atomic mass is 9.98. The fourth-order valence-electron chi connectivity index (χ4n) is 3.70. The van der Waals surface area contributed by atoms with Gasteiger partial charge in [-0.2, -0.15) is 0 Å². The minimum Gasteiger partial charge on any atom is -0.478 e. The molecule has 0 atom stereocenters. The highest BCUT2D eigenvalue weighted by molar-refractivity contribution is 6.07. The van der Waals surface area contributed by atoms with E-state index in [0.29, 0.717) is 0 Å². The van der Waals surface area contributed by atoms with Crippen molar-refractivity contribution in [3.8, 4) is 11.1 Å². The van der Waals surface area contributed by atoms with E-state index in [4.69, 9.17) is 5.11 Å². The number of aromatic nitrogens is 1. The van der Waals surface area contributed by atoms with Crippen molar-refractivity contribution >= 4 is 28.3 Å². The number of rotatable bonds is 4. The number of carboxylic acid groups (broad SMARTS) is 1. The van der Waals surface area contributed by atoms with Crippen LogP contribution < -0.4 is 0 Å². The molecule has 0 unspecified atom stereocenters. The topological polar surface area (TPSA) is 41.7 Å². The first-order valence-electron chi connectivity index (χ1n) is 8.81. The molecule has 27 heavy (non-hydrogen) atoms. The van der Waals surface area contributed by atoms with Gasteiger partial charge < -0.3 is 9.51 Å². The molecule has 1 N–H and O–H groups in total. The van der Waals surface area contributed by atoms with E-state index in [2.05, 4.69) is 22.6 Å². The third-order valence-corrected chi connectivity index (χ3v) is 4.83. The Hall–Kier alpha value is -3.40. The number of nitrogens with zero attached hydrogens (tertiary/aromatic N) is 1. The molecule has 0 saturated heterocycles. The van der Waals surface area contributed by atoms with Crippen LogP contribution in [0.25, 0.3) is 33.5 Å². The lowest BCUT2D eigenvalue weighted by molar-refractivity contribution is -0.131. The lowest BCUT2D eigenvalue weighted by Crippen LogP contribution is -1.93. The summed E-state index contributed by atoms with van der Waals surface area (Å²) in [5.74, 6) is -1.30. The summed E-state index contributed by atoms with van der Waals surface area (Å²) in [7, 11) is 0. The zero-order valence-corrected chi connectivity index (χ0v) is 14.8. The molecular formula is C23H18FNO2. The van der Waals surface area contributed by atoms with E-state index in [0.717, 1.165) is 51.2 Å². The molecule has 2 heterocycles. The first-order chi connectivity index (χ1) is 13.1. The molecule has 0 amide bonds. The molecule has 0 saturated carbocycles. The number of aliphatic carboxylic acids is 1. The van der Waals surface area contributed by atoms with E-state index in [9.17, 15) is 9.18 Å². The highest BCUT2D eigenvalue weighted by Crippen LogP contribution is 2.38. The predicted octanol–water partition coefficient (Wildman–Crippen LogP) is 5.56. The van der Waals surface area contributed by atoms with Crippen LogP contribution in [0.2, 0.25) is 0 Å². The Morgan fingerprint density at radius 3 is 2.56 bits per heavy atom. The first-order valence-corrected chi connectivity index (χ1v) is 8.81. The first kappa shape index (κ1) is 17.0. The number of pyridine rings is 1. The number of fused-ring (bicyclic) bond motifs is 3. The third kappa shape index (κ3) is 2.89. The maximum Gasteiger partial charge on any atom is 0.328 e. The van der Waals surface area contributed by atoms with E-state index in [1.807, 2.05) is 25.3 Å². The van der Waals surface area contributed by atoms with Crippen molar-refractivity contribution in [3.05, 3.63) is 83.9 Å². The van der Waals surface area contributed by atoms with Crippen LogP contribution in [0.1, 0.15) is 18.2 Å².